The summed E-state index contributed by atoms with van der Waals surface area (Å²) in [5.74, 6) is 0.910. The van der Waals surface area contributed by atoms with Gasteiger partial charge in [-0.3, -0.25) is 0 Å². The number of nitrogens with zero attached hydrogens (tertiary/aromatic N) is 2. The first-order valence-corrected chi connectivity index (χ1v) is 7.29. The van der Waals surface area contributed by atoms with Gasteiger partial charge in [0.1, 0.15) is 5.75 Å². The molecule has 0 unspecified atom stereocenters. The van der Waals surface area contributed by atoms with E-state index in [9.17, 15) is 0 Å². The highest BCUT2D eigenvalue weighted by Gasteiger charge is 2.07. The molecule has 0 fully saturated rings. The van der Waals surface area contributed by atoms with Crippen LogP contribution in [-0.2, 0) is 6.54 Å². The van der Waals surface area contributed by atoms with Crippen LogP contribution < -0.4 is 4.74 Å². The lowest BCUT2D eigenvalue weighted by Crippen LogP contribution is -1.89. The van der Waals surface area contributed by atoms with Gasteiger partial charge in [-0.15, -0.1) is 11.3 Å². The van der Waals surface area contributed by atoms with E-state index in [2.05, 4.69) is 36.2 Å². The number of rotatable bonds is 4. The standard InChI is InChI=1S/C16H16N2OS/c1-12-14-10-13(19-2)5-6-16(14)20-15(12)4-3-8-18-9-7-17-11-18/h3-7,9-11H,8H2,1-2H3/b4-3+. The summed E-state index contributed by atoms with van der Waals surface area (Å²) < 4.78 is 8.63. The summed E-state index contributed by atoms with van der Waals surface area (Å²) in [6, 6.07) is 6.24. The molecule has 0 N–H and O–H groups in total. The lowest BCUT2D eigenvalue weighted by Gasteiger charge is -1.99. The highest BCUT2D eigenvalue weighted by atomic mass is 32.1. The minimum absolute atomic E-state index is 0.844. The van der Waals surface area contributed by atoms with Gasteiger partial charge < -0.3 is 9.30 Å². The Morgan fingerprint density at radius 3 is 3.05 bits per heavy atom. The van der Waals surface area contributed by atoms with Crippen LogP contribution in [0.3, 0.4) is 0 Å². The molecule has 0 aliphatic heterocycles. The highest BCUT2D eigenvalue weighted by Crippen LogP contribution is 2.34. The van der Waals surface area contributed by atoms with Crippen molar-refractivity contribution in [3.8, 4) is 5.75 Å². The number of fused-ring (bicyclic) bond motifs is 1. The molecule has 4 heteroatoms. The van der Waals surface area contributed by atoms with E-state index in [0.717, 1.165) is 12.3 Å². The molecule has 0 atom stereocenters. The molecule has 0 amide bonds. The number of imidazole rings is 1. The zero-order valence-corrected chi connectivity index (χ0v) is 12.4. The monoisotopic (exact) mass is 284 g/mol. The number of thiophene rings is 1. The zero-order chi connectivity index (χ0) is 13.9. The van der Waals surface area contributed by atoms with Gasteiger partial charge >= 0.3 is 0 Å². The molecule has 3 aromatic rings. The Morgan fingerprint density at radius 2 is 2.30 bits per heavy atom. The number of hydrogen-bond donors (Lipinski definition) is 0. The first kappa shape index (κ1) is 12.9. The van der Waals surface area contributed by atoms with Crippen LogP contribution in [0, 0.1) is 6.92 Å². The van der Waals surface area contributed by atoms with Crippen molar-refractivity contribution in [2.75, 3.05) is 7.11 Å². The summed E-state index contributed by atoms with van der Waals surface area (Å²) in [6.45, 7) is 3.01. The van der Waals surface area contributed by atoms with Gasteiger partial charge in [-0.05, 0) is 42.1 Å². The van der Waals surface area contributed by atoms with E-state index in [4.69, 9.17) is 4.74 Å². The van der Waals surface area contributed by atoms with Gasteiger partial charge in [0.15, 0.2) is 0 Å². The Labute approximate surface area is 122 Å². The van der Waals surface area contributed by atoms with E-state index in [1.165, 1.54) is 20.5 Å². The Bertz CT molecular complexity index is 741. The van der Waals surface area contributed by atoms with Crippen molar-refractivity contribution >= 4 is 27.5 Å². The van der Waals surface area contributed by atoms with Crippen LogP contribution in [0.5, 0.6) is 5.75 Å². The Balaban J connectivity index is 1.88. The molecule has 0 saturated carbocycles. The van der Waals surface area contributed by atoms with Gasteiger partial charge in [-0.1, -0.05) is 6.08 Å². The molecular weight excluding hydrogens is 268 g/mol. The Hall–Kier alpha value is -2.07. The molecule has 102 valence electrons. The maximum atomic E-state index is 5.29. The maximum Gasteiger partial charge on any atom is 0.119 e. The normalized spacial score (nSPS) is 11.5. The van der Waals surface area contributed by atoms with Crippen molar-refractivity contribution in [3.05, 3.63) is 53.4 Å². The third-order valence-electron chi connectivity index (χ3n) is 3.32. The first-order chi connectivity index (χ1) is 9.78. The second kappa shape index (κ2) is 5.51. The van der Waals surface area contributed by atoms with E-state index < -0.39 is 0 Å². The number of aryl methyl sites for hydroxylation is 1. The topological polar surface area (TPSA) is 27.1 Å². The third-order valence-corrected chi connectivity index (χ3v) is 4.56. The smallest absolute Gasteiger partial charge is 0.119 e. The van der Waals surface area contributed by atoms with E-state index in [1.54, 1.807) is 13.3 Å². The number of ether oxygens (including phenoxy) is 1. The molecule has 0 aliphatic rings. The van der Waals surface area contributed by atoms with Crippen molar-refractivity contribution in [3.63, 3.8) is 0 Å². The van der Waals surface area contributed by atoms with E-state index in [0.29, 0.717) is 0 Å². The summed E-state index contributed by atoms with van der Waals surface area (Å²) in [7, 11) is 1.70. The van der Waals surface area contributed by atoms with Crippen LogP contribution in [0.1, 0.15) is 10.4 Å². The Kier molecular flexibility index (Phi) is 3.56. The maximum absolute atomic E-state index is 5.29. The molecule has 1 aromatic carbocycles. The first-order valence-electron chi connectivity index (χ1n) is 6.47. The molecule has 3 rings (SSSR count). The second-order valence-electron chi connectivity index (χ2n) is 4.62. The molecular formula is C16H16N2OS. The highest BCUT2D eigenvalue weighted by molar-refractivity contribution is 7.20. The van der Waals surface area contributed by atoms with Crippen LogP contribution >= 0.6 is 11.3 Å². The predicted octanol–water partition coefficient (Wildman–Crippen LogP) is 4.13. The van der Waals surface area contributed by atoms with Gasteiger partial charge in [0.2, 0.25) is 0 Å². The molecule has 0 spiro atoms. The number of allylic oxidation sites excluding steroid dienone is 1. The molecule has 0 saturated heterocycles. The van der Waals surface area contributed by atoms with E-state index in [1.807, 2.05) is 34.5 Å². The minimum atomic E-state index is 0.844. The fraction of sp³-hybridized carbons (Fsp3) is 0.188. The largest absolute Gasteiger partial charge is 0.497 e. The second-order valence-corrected chi connectivity index (χ2v) is 5.70. The van der Waals surface area contributed by atoms with Crippen LogP contribution in [0.25, 0.3) is 16.2 Å². The van der Waals surface area contributed by atoms with Crippen molar-refractivity contribution in [2.24, 2.45) is 0 Å². The number of methoxy groups -OCH3 is 1. The van der Waals surface area contributed by atoms with Crippen molar-refractivity contribution in [1.82, 2.24) is 9.55 Å². The quantitative estimate of drug-likeness (QED) is 0.720. The average molecular weight is 284 g/mol. The molecule has 3 nitrogen and oxygen atoms in total. The van der Waals surface area contributed by atoms with Crippen molar-refractivity contribution < 1.29 is 4.74 Å². The fourth-order valence-electron chi connectivity index (χ4n) is 2.18. The van der Waals surface area contributed by atoms with Gasteiger partial charge in [0.05, 0.1) is 13.4 Å². The van der Waals surface area contributed by atoms with Crippen molar-refractivity contribution in [1.29, 1.82) is 0 Å². The van der Waals surface area contributed by atoms with E-state index in [-0.39, 0.29) is 0 Å². The van der Waals surface area contributed by atoms with Gasteiger partial charge in [0, 0.05) is 28.5 Å². The molecule has 2 heterocycles. The summed E-state index contributed by atoms with van der Waals surface area (Å²) in [6.07, 6.45) is 9.94. The number of benzene rings is 1. The molecule has 0 bridgehead atoms. The van der Waals surface area contributed by atoms with Crippen LogP contribution in [0.2, 0.25) is 0 Å². The van der Waals surface area contributed by atoms with Crippen LogP contribution in [-0.4, -0.2) is 16.7 Å². The van der Waals surface area contributed by atoms with Gasteiger partial charge in [0.25, 0.3) is 0 Å². The fourth-order valence-corrected chi connectivity index (χ4v) is 3.30. The lowest BCUT2D eigenvalue weighted by molar-refractivity contribution is 0.415. The third kappa shape index (κ3) is 2.47. The van der Waals surface area contributed by atoms with Gasteiger partial charge in [-0.2, -0.15) is 0 Å². The summed E-state index contributed by atoms with van der Waals surface area (Å²) >= 11 is 1.81. The lowest BCUT2D eigenvalue weighted by atomic mass is 10.1. The molecule has 0 radical (unpaired) electrons. The molecule has 20 heavy (non-hydrogen) atoms. The number of hydrogen-bond acceptors (Lipinski definition) is 3. The van der Waals surface area contributed by atoms with Crippen molar-refractivity contribution in [2.45, 2.75) is 13.5 Å². The Morgan fingerprint density at radius 1 is 1.40 bits per heavy atom. The summed E-state index contributed by atoms with van der Waals surface area (Å²) in [5, 5.41) is 1.27. The van der Waals surface area contributed by atoms with Gasteiger partial charge in [-0.25, -0.2) is 4.98 Å². The number of aromatic nitrogens is 2. The molecule has 2 aromatic heterocycles. The van der Waals surface area contributed by atoms with Crippen LogP contribution in [0.15, 0.2) is 43.0 Å². The summed E-state index contributed by atoms with van der Waals surface area (Å²) in [5.41, 5.74) is 1.31. The zero-order valence-electron chi connectivity index (χ0n) is 11.5. The van der Waals surface area contributed by atoms with Crippen LogP contribution in [0.4, 0.5) is 0 Å². The minimum Gasteiger partial charge on any atom is -0.497 e. The average Bonchev–Trinajstić information content (AvgIpc) is 3.08. The predicted molar refractivity (Wildman–Crippen MR) is 84.4 cm³/mol. The molecule has 0 aliphatic carbocycles. The van der Waals surface area contributed by atoms with E-state index >= 15 is 0 Å². The SMILES string of the molecule is COc1ccc2sc(/C=C/Cn3ccnc3)c(C)c2c1. The summed E-state index contributed by atoms with van der Waals surface area (Å²) in [4.78, 5) is 5.34.